The highest BCUT2D eigenvalue weighted by molar-refractivity contribution is 5.96. The Balaban J connectivity index is 1.46. The third-order valence-electron chi connectivity index (χ3n) is 6.91. The van der Waals surface area contributed by atoms with Gasteiger partial charge in [0.05, 0.1) is 29.3 Å². The number of hydrogen-bond acceptors (Lipinski definition) is 8. The van der Waals surface area contributed by atoms with E-state index in [4.69, 9.17) is 9.47 Å². The number of nitro benzene ring substituents is 1. The van der Waals surface area contributed by atoms with E-state index in [2.05, 4.69) is 11.4 Å². The highest BCUT2D eigenvalue weighted by Crippen LogP contribution is 2.37. The van der Waals surface area contributed by atoms with Crippen LogP contribution in [0.25, 0.3) is 0 Å². The van der Waals surface area contributed by atoms with Gasteiger partial charge in [-0.05, 0) is 44.4 Å². The molecule has 0 unspecified atom stereocenters. The van der Waals surface area contributed by atoms with Crippen LogP contribution in [0.2, 0.25) is 0 Å². The molecule has 11 heteroatoms. The highest BCUT2D eigenvalue weighted by atomic mass is 16.6. The van der Waals surface area contributed by atoms with Gasteiger partial charge in [-0.25, -0.2) is 4.79 Å². The summed E-state index contributed by atoms with van der Waals surface area (Å²) in [7, 11) is 0. The van der Waals surface area contributed by atoms with Gasteiger partial charge in [-0.1, -0.05) is 12.8 Å². The Labute approximate surface area is 208 Å². The molecule has 2 aromatic rings. The van der Waals surface area contributed by atoms with E-state index in [1.54, 1.807) is 0 Å². The first-order chi connectivity index (χ1) is 17.3. The zero-order valence-corrected chi connectivity index (χ0v) is 20.4. The predicted molar refractivity (Wildman–Crippen MR) is 131 cm³/mol. The van der Waals surface area contributed by atoms with Crippen LogP contribution >= 0.6 is 0 Å². The fourth-order valence-electron chi connectivity index (χ4n) is 4.96. The molecule has 1 aliphatic carbocycles. The van der Waals surface area contributed by atoms with Crippen molar-refractivity contribution in [3.05, 3.63) is 50.7 Å². The van der Waals surface area contributed by atoms with Crippen LogP contribution in [0.5, 0.6) is 0 Å². The Hall–Kier alpha value is -3.91. The van der Waals surface area contributed by atoms with Crippen molar-refractivity contribution in [2.75, 3.05) is 43.1 Å². The number of anilines is 2. The third-order valence-corrected chi connectivity index (χ3v) is 6.91. The van der Waals surface area contributed by atoms with E-state index in [1.807, 2.05) is 23.3 Å². The molecule has 36 heavy (non-hydrogen) atoms. The van der Waals surface area contributed by atoms with Crippen LogP contribution in [-0.4, -0.2) is 54.3 Å². The second-order valence-electron chi connectivity index (χ2n) is 9.04. The number of esters is 1. The number of hydrogen-bond donors (Lipinski definition) is 1. The smallest absolute Gasteiger partial charge is 0.338 e. The Morgan fingerprint density at radius 2 is 1.94 bits per heavy atom. The van der Waals surface area contributed by atoms with Crippen LogP contribution in [0, 0.1) is 35.3 Å². The summed E-state index contributed by atoms with van der Waals surface area (Å²) in [4.78, 5) is 38.2. The molecule has 1 amide bonds. The van der Waals surface area contributed by atoms with Crippen LogP contribution in [0.4, 0.5) is 17.2 Å². The van der Waals surface area contributed by atoms with Gasteiger partial charge in [0.25, 0.3) is 11.6 Å². The molecule has 1 aromatic carbocycles. The van der Waals surface area contributed by atoms with Gasteiger partial charge in [-0.15, -0.1) is 0 Å². The van der Waals surface area contributed by atoms with Crippen molar-refractivity contribution in [3.8, 4) is 6.07 Å². The van der Waals surface area contributed by atoms with E-state index in [-0.39, 0.29) is 17.3 Å². The third kappa shape index (κ3) is 5.04. The summed E-state index contributed by atoms with van der Waals surface area (Å²) in [5, 5.41) is 24.1. The van der Waals surface area contributed by atoms with E-state index in [0.29, 0.717) is 43.4 Å². The number of nitriles is 1. The molecule has 0 atom stereocenters. The molecular weight excluding hydrogens is 466 g/mol. The largest absolute Gasteiger partial charge is 0.452 e. The summed E-state index contributed by atoms with van der Waals surface area (Å²) in [5.74, 6) is -1.01. The first-order valence-electron chi connectivity index (χ1n) is 12.0. The van der Waals surface area contributed by atoms with E-state index in [1.165, 1.54) is 12.1 Å². The molecular formula is C25H29N5O6. The number of aromatic nitrogens is 1. The van der Waals surface area contributed by atoms with Crippen LogP contribution in [0.1, 0.15) is 58.9 Å². The second-order valence-corrected chi connectivity index (χ2v) is 9.04. The van der Waals surface area contributed by atoms with Gasteiger partial charge in [-0.2, -0.15) is 5.26 Å². The van der Waals surface area contributed by atoms with Crippen molar-refractivity contribution < 1.29 is 24.0 Å². The van der Waals surface area contributed by atoms with E-state index < -0.39 is 23.4 Å². The van der Waals surface area contributed by atoms with Gasteiger partial charge in [0.1, 0.15) is 17.6 Å². The molecule has 2 heterocycles. The van der Waals surface area contributed by atoms with E-state index in [9.17, 15) is 25.0 Å². The highest BCUT2D eigenvalue weighted by Gasteiger charge is 2.27. The normalized spacial score (nSPS) is 16.0. The van der Waals surface area contributed by atoms with Crippen molar-refractivity contribution in [2.45, 2.75) is 45.6 Å². The monoisotopic (exact) mass is 495 g/mol. The van der Waals surface area contributed by atoms with Gasteiger partial charge >= 0.3 is 5.97 Å². The van der Waals surface area contributed by atoms with Gasteiger partial charge in [-0.3, -0.25) is 14.9 Å². The van der Waals surface area contributed by atoms with Gasteiger partial charge < -0.3 is 24.3 Å². The molecule has 1 aliphatic heterocycles. The minimum atomic E-state index is -0.846. The van der Waals surface area contributed by atoms with Crippen LogP contribution in [-0.2, 0) is 14.3 Å². The number of nitrogens with zero attached hydrogens (tertiary/aromatic N) is 4. The molecule has 4 rings (SSSR count). The average molecular weight is 496 g/mol. The Morgan fingerprint density at radius 3 is 2.58 bits per heavy atom. The minimum Gasteiger partial charge on any atom is -0.452 e. The number of ether oxygens (including phenoxy) is 2. The van der Waals surface area contributed by atoms with Gasteiger partial charge in [0.2, 0.25) is 0 Å². The zero-order chi connectivity index (χ0) is 25.8. The summed E-state index contributed by atoms with van der Waals surface area (Å²) < 4.78 is 12.5. The quantitative estimate of drug-likeness (QED) is 0.349. The van der Waals surface area contributed by atoms with E-state index in [0.717, 1.165) is 43.0 Å². The van der Waals surface area contributed by atoms with Crippen molar-refractivity contribution >= 4 is 29.1 Å². The summed E-state index contributed by atoms with van der Waals surface area (Å²) in [5.41, 5.74) is 2.30. The zero-order valence-electron chi connectivity index (χ0n) is 20.4. The lowest BCUT2D eigenvalue weighted by Gasteiger charge is -2.28. The number of nitrogens with one attached hydrogen (secondary N) is 1. The van der Waals surface area contributed by atoms with Crippen LogP contribution < -0.4 is 10.2 Å². The molecule has 2 fully saturated rings. The maximum absolute atomic E-state index is 12.7. The lowest BCUT2D eigenvalue weighted by atomic mass is 10.1. The van der Waals surface area contributed by atoms with Crippen molar-refractivity contribution in [1.82, 2.24) is 4.57 Å². The number of nitro groups is 1. The number of amides is 1. The first-order valence-corrected chi connectivity index (χ1v) is 12.0. The first kappa shape index (κ1) is 25.2. The average Bonchev–Trinajstić information content (AvgIpc) is 3.49. The molecule has 0 spiro atoms. The topological polar surface area (TPSA) is 140 Å². The summed E-state index contributed by atoms with van der Waals surface area (Å²) in [6.07, 6.45) is 4.11. The number of carbonyl (C=O) groups is 2. The van der Waals surface area contributed by atoms with E-state index >= 15 is 0 Å². The molecule has 0 bridgehead atoms. The van der Waals surface area contributed by atoms with Crippen molar-refractivity contribution in [1.29, 1.82) is 5.26 Å². The number of rotatable bonds is 7. The fourth-order valence-corrected chi connectivity index (χ4v) is 4.96. The van der Waals surface area contributed by atoms with Gasteiger partial charge in [0, 0.05) is 30.9 Å². The summed E-state index contributed by atoms with van der Waals surface area (Å²) in [6, 6.07) is 6.50. The minimum absolute atomic E-state index is 0.0229. The van der Waals surface area contributed by atoms with Crippen LogP contribution in [0.3, 0.4) is 0 Å². The maximum atomic E-state index is 12.7. The SMILES string of the molecule is Cc1c(C#N)c(NC(=O)COC(=O)c2ccc(N3CCOCC3)c([N+](=O)[O-])c2)n(C2CCCC2)c1C. The lowest BCUT2D eigenvalue weighted by Crippen LogP contribution is -2.36. The molecule has 1 N–H and O–H groups in total. The molecule has 1 aromatic heterocycles. The number of morpholine rings is 1. The van der Waals surface area contributed by atoms with Gasteiger partial charge in [0.15, 0.2) is 6.61 Å². The predicted octanol–water partition coefficient (Wildman–Crippen LogP) is 3.63. The summed E-state index contributed by atoms with van der Waals surface area (Å²) >= 11 is 0. The van der Waals surface area contributed by atoms with Crippen molar-refractivity contribution in [3.63, 3.8) is 0 Å². The second kappa shape index (κ2) is 10.8. The standard InChI is InChI=1S/C25H29N5O6/c1-16-17(2)29(19-5-3-4-6-19)24(20(16)14-26)27-23(31)15-36-25(32)18-7-8-21(22(13-18)30(33)34)28-9-11-35-12-10-28/h7-8,13,19H,3-6,9-12,15H2,1-2H3,(H,27,31). The maximum Gasteiger partial charge on any atom is 0.338 e. The Kier molecular flexibility index (Phi) is 7.55. The Bertz CT molecular complexity index is 1220. The number of benzene rings is 1. The number of carbonyl (C=O) groups excluding carboxylic acids is 2. The summed E-state index contributed by atoms with van der Waals surface area (Å²) in [6.45, 7) is 5.14. The van der Waals surface area contributed by atoms with Crippen molar-refractivity contribution in [2.24, 2.45) is 0 Å². The lowest BCUT2D eigenvalue weighted by molar-refractivity contribution is -0.384. The molecule has 1 saturated carbocycles. The molecule has 1 saturated heterocycles. The fraction of sp³-hybridized carbons (Fsp3) is 0.480. The molecule has 190 valence electrons. The molecule has 11 nitrogen and oxygen atoms in total. The molecule has 0 radical (unpaired) electrons. The Morgan fingerprint density at radius 1 is 1.25 bits per heavy atom. The van der Waals surface area contributed by atoms with Crippen LogP contribution in [0.15, 0.2) is 18.2 Å². The molecule has 2 aliphatic rings.